The minimum Gasteiger partial charge on any atom is -0.457 e. The van der Waals surface area contributed by atoms with Gasteiger partial charge in [0.2, 0.25) is 0 Å². The van der Waals surface area contributed by atoms with Gasteiger partial charge in [0.1, 0.15) is 16.3 Å². The van der Waals surface area contributed by atoms with Crippen LogP contribution in [-0.4, -0.2) is 22.2 Å². The Balaban J connectivity index is 2.43. The van der Waals surface area contributed by atoms with Crippen LogP contribution in [0.25, 0.3) is 5.57 Å². The highest BCUT2D eigenvalue weighted by Crippen LogP contribution is 2.51. The molecule has 5 nitrogen and oxygen atoms in total. The normalized spacial score (nSPS) is 16.8. The minimum absolute atomic E-state index is 0.0425. The van der Waals surface area contributed by atoms with Crippen molar-refractivity contribution in [2.24, 2.45) is 0 Å². The molecule has 1 aromatic rings. The number of allylic oxidation sites excluding steroid dienone is 1. The fourth-order valence-corrected chi connectivity index (χ4v) is 2.31. The first-order chi connectivity index (χ1) is 10.5. The molecule has 0 saturated heterocycles. The highest BCUT2D eigenvalue weighted by Gasteiger charge is 2.48. The van der Waals surface area contributed by atoms with Crippen molar-refractivity contribution in [1.82, 2.24) is 0 Å². The first-order valence-electron chi connectivity index (χ1n) is 7.10. The highest BCUT2D eigenvalue weighted by molar-refractivity contribution is 6.32. The van der Waals surface area contributed by atoms with Crippen molar-refractivity contribution in [3.8, 4) is 0 Å². The molecule has 1 aliphatic rings. The minimum atomic E-state index is -1.65. The van der Waals surface area contributed by atoms with Gasteiger partial charge in [0.05, 0.1) is 4.92 Å². The number of nitro groups is 1. The second-order valence-corrected chi connectivity index (χ2v) is 6.89. The Morgan fingerprint density at radius 1 is 1.43 bits per heavy atom. The predicted molar refractivity (Wildman–Crippen MR) is 85.0 cm³/mol. The van der Waals surface area contributed by atoms with Gasteiger partial charge in [-0.1, -0.05) is 17.7 Å². The Kier molecular flexibility index (Phi) is 4.48. The fourth-order valence-electron chi connectivity index (χ4n) is 2.12. The smallest absolute Gasteiger partial charge is 0.331 e. The van der Waals surface area contributed by atoms with Crippen LogP contribution >= 0.6 is 11.6 Å². The zero-order valence-corrected chi connectivity index (χ0v) is 13.8. The van der Waals surface area contributed by atoms with Crippen LogP contribution in [0, 0.1) is 10.1 Å². The number of hydrogen-bond acceptors (Lipinski definition) is 4. The summed E-state index contributed by atoms with van der Waals surface area (Å²) in [5.74, 6) is -0.686. The molecule has 0 bridgehead atoms. The van der Waals surface area contributed by atoms with E-state index in [1.54, 1.807) is 20.8 Å². The van der Waals surface area contributed by atoms with Gasteiger partial charge in [-0.15, -0.1) is 0 Å². The molecule has 1 aliphatic carbocycles. The molecule has 124 valence electrons. The summed E-state index contributed by atoms with van der Waals surface area (Å²) in [6.07, 6.45) is 1.60. The number of hydrogen-bond donors (Lipinski definition) is 0. The van der Waals surface area contributed by atoms with E-state index in [0.717, 1.165) is 6.08 Å². The lowest BCUT2D eigenvalue weighted by Gasteiger charge is -2.19. The number of carbonyl (C=O) groups is 1. The molecule has 0 spiro atoms. The number of nitro benzene ring substituents is 1. The summed E-state index contributed by atoms with van der Waals surface area (Å²) < 4.78 is 19.8. The maximum atomic E-state index is 14.6. The SMILES string of the molecule is CC(C)(C)OC(=O)/C=C(\c1ccc(Cl)c([N+](=O)[O-])c1)C1(F)CC1. The van der Waals surface area contributed by atoms with Crippen LogP contribution in [0.5, 0.6) is 0 Å². The van der Waals surface area contributed by atoms with Crippen LogP contribution in [0.4, 0.5) is 10.1 Å². The molecule has 0 radical (unpaired) electrons. The number of nitrogens with zero attached hydrogens (tertiary/aromatic N) is 1. The van der Waals surface area contributed by atoms with Crippen LogP contribution in [0.15, 0.2) is 24.3 Å². The van der Waals surface area contributed by atoms with Crippen molar-refractivity contribution in [3.63, 3.8) is 0 Å². The van der Waals surface area contributed by atoms with E-state index in [1.807, 2.05) is 0 Å². The monoisotopic (exact) mass is 341 g/mol. The Labute approximate surface area is 138 Å². The summed E-state index contributed by atoms with van der Waals surface area (Å²) in [5.41, 5.74) is -2.35. The number of rotatable bonds is 4. The second-order valence-electron chi connectivity index (χ2n) is 6.48. The topological polar surface area (TPSA) is 69.4 Å². The van der Waals surface area contributed by atoms with Crippen molar-refractivity contribution in [3.05, 3.63) is 45.0 Å². The summed E-state index contributed by atoms with van der Waals surface area (Å²) in [4.78, 5) is 22.3. The summed E-state index contributed by atoms with van der Waals surface area (Å²) in [7, 11) is 0. The van der Waals surface area contributed by atoms with E-state index in [1.165, 1.54) is 18.2 Å². The average molecular weight is 342 g/mol. The van der Waals surface area contributed by atoms with Gasteiger partial charge >= 0.3 is 5.97 Å². The number of halogens is 2. The maximum Gasteiger partial charge on any atom is 0.331 e. The molecule has 0 N–H and O–H groups in total. The lowest BCUT2D eigenvalue weighted by molar-refractivity contribution is -0.384. The number of esters is 1. The highest BCUT2D eigenvalue weighted by atomic mass is 35.5. The third kappa shape index (κ3) is 4.28. The molecule has 0 unspecified atom stereocenters. The molecule has 0 aromatic heterocycles. The van der Waals surface area contributed by atoms with Crippen molar-refractivity contribution >= 4 is 28.8 Å². The van der Waals surface area contributed by atoms with Gasteiger partial charge in [-0.25, -0.2) is 9.18 Å². The molecule has 1 fully saturated rings. The molecular formula is C16H17ClFNO4. The van der Waals surface area contributed by atoms with Crippen LogP contribution in [0.2, 0.25) is 5.02 Å². The van der Waals surface area contributed by atoms with E-state index in [9.17, 15) is 19.3 Å². The molecule has 23 heavy (non-hydrogen) atoms. The Morgan fingerprint density at radius 2 is 2.04 bits per heavy atom. The molecule has 0 heterocycles. The molecule has 2 rings (SSSR count). The van der Waals surface area contributed by atoms with E-state index in [-0.39, 0.29) is 34.7 Å². The standard InChI is InChI=1S/C16H17ClFNO4/c1-15(2,3)23-14(20)9-11(16(18)6-7-16)10-4-5-12(17)13(8-10)19(21)22/h4-5,8-9H,6-7H2,1-3H3/b11-9+. The zero-order chi connectivity index (χ0) is 17.4. The molecule has 7 heteroatoms. The summed E-state index contributed by atoms with van der Waals surface area (Å²) in [6, 6.07) is 3.97. The van der Waals surface area contributed by atoms with Crippen molar-refractivity contribution in [1.29, 1.82) is 0 Å². The van der Waals surface area contributed by atoms with Crippen molar-refractivity contribution in [2.75, 3.05) is 0 Å². The van der Waals surface area contributed by atoms with Crippen molar-refractivity contribution < 1.29 is 18.8 Å². The predicted octanol–water partition coefficient (Wildman–Crippen LogP) is 4.48. The third-order valence-electron chi connectivity index (χ3n) is 3.29. The molecule has 1 saturated carbocycles. The summed E-state index contributed by atoms with van der Waals surface area (Å²) in [6.45, 7) is 5.11. The van der Waals surface area contributed by atoms with Gasteiger partial charge in [0.25, 0.3) is 5.69 Å². The van der Waals surface area contributed by atoms with Crippen LogP contribution in [0.1, 0.15) is 39.2 Å². The van der Waals surface area contributed by atoms with Gasteiger partial charge in [0, 0.05) is 17.7 Å². The van der Waals surface area contributed by atoms with Gasteiger partial charge in [-0.05, 0) is 45.2 Å². The van der Waals surface area contributed by atoms with Crippen molar-refractivity contribution in [2.45, 2.75) is 44.9 Å². The first-order valence-corrected chi connectivity index (χ1v) is 7.48. The van der Waals surface area contributed by atoms with E-state index in [4.69, 9.17) is 16.3 Å². The van der Waals surface area contributed by atoms with Crippen LogP contribution < -0.4 is 0 Å². The van der Waals surface area contributed by atoms with Gasteiger partial charge in [0.15, 0.2) is 0 Å². The molecular weight excluding hydrogens is 325 g/mol. The quantitative estimate of drug-likeness (QED) is 0.350. The molecule has 0 amide bonds. The van der Waals surface area contributed by atoms with E-state index in [2.05, 4.69) is 0 Å². The second kappa shape index (κ2) is 5.92. The Hall–Kier alpha value is -1.95. The summed E-state index contributed by atoms with van der Waals surface area (Å²) in [5, 5.41) is 10.9. The van der Waals surface area contributed by atoms with Gasteiger partial charge in [-0.3, -0.25) is 10.1 Å². The van der Waals surface area contributed by atoms with Gasteiger partial charge in [-0.2, -0.15) is 0 Å². The molecule has 0 atom stereocenters. The number of benzene rings is 1. The van der Waals surface area contributed by atoms with E-state index >= 15 is 0 Å². The van der Waals surface area contributed by atoms with E-state index < -0.39 is 22.2 Å². The van der Waals surface area contributed by atoms with Crippen LogP contribution in [0.3, 0.4) is 0 Å². The average Bonchev–Trinajstić information content (AvgIpc) is 3.13. The summed E-state index contributed by atoms with van der Waals surface area (Å²) >= 11 is 5.77. The number of alkyl halides is 1. The van der Waals surface area contributed by atoms with E-state index in [0.29, 0.717) is 0 Å². The lowest BCUT2D eigenvalue weighted by atomic mass is 9.98. The fraction of sp³-hybridized carbons (Fsp3) is 0.438. The number of carbonyl (C=O) groups excluding carboxylic acids is 1. The van der Waals surface area contributed by atoms with Crippen LogP contribution in [-0.2, 0) is 9.53 Å². The molecule has 0 aliphatic heterocycles. The zero-order valence-electron chi connectivity index (χ0n) is 13.1. The largest absolute Gasteiger partial charge is 0.457 e. The number of ether oxygens (including phenoxy) is 1. The Bertz CT molecular complexity index is 690. The van der Waals surface area contributed by atoms with Gasteiger partial charge < -0.3 is 4.74 Å². The Morgan fingerprint density at radius 3 is 2.52 bits per heavy atom. The maximum absolute atomic E-state index is 14.6. The molecule has 1 aromatic carbocycles. The third-order valence-corrected chi connectivity index (χ3v) is 3.61. The lowest BCUT2D eigenvalue weighted by Crippen LogP contribution is -2.23. The first kappa shape index (κ1) is 17.4.